The molecule has 2 aromatic carbocycles. The van der Waals surface area contributed by atoms with Gasteiger partial charge in [0.25, 0.3) is 5.91 Å². The summed E-state index contributed by atoms with van der Waals surface area (Å²) in [5.41, 5.74) is 0.917. The Morgan fingerprint density at radius 2 is 1.58 bits per heavy atom. The normalized spacial score (nSPS) is 11.9. The van der Waals surface area contributed by atoms with Gasteiger partial charge in [0.2, 0.25) is 0 Å². The molecule has 0 unspecified atom stereocenters. The summed E-state index contributed by atoms with van der Waals surface area (Å²) in [5, 5.41) is 0. The van der Waals surface area contributed by atoms with Gasteiger partial charge in [-0.3, -0.25) is 4.79 Å². The number of sulfone groups is 1. The average Bonchev–Trinajstić information content (AvgIpc) is 2.54. The number of nitrogens with zero attached hydrogens (tertiary/aromatic N) is 1. The average molecular weight is 387 g/mol. The van der Waals surface area contributed by atoms with Gasteiger partial charge in [0.1, 0.15) is 5.75 Å². The van der Waals surface area contributed by atoms with Gasteiger partial charge in [-0.25, -0.2) is 8.42 Å². The molecule has 140 valence electrons. The molecule has 0 radical (unpaired) electrons. The first-order valence-electron chi connectivity index (χ1n) is 7.36. The molecular formula is C17H16F3NO4S. The standard InChI is InChI=1S/C17H16F3NO4S/c1-21(11-12-3-7-14(8-4-12)25-17(18,19)20)16(22)13-5-9-15(10-6-13)26(2,23)24/h3-10H,11H2,1-2H3. The molecular weight excluding hydrogens is 371 g/mol. The number of amides is 1. The summed E-state index contributed by atoms with van der Waals surface area (Å²) in [7, 11) is -1.81. The number of hydrogen-bond donors (Lipinski definition) is 0. The SMILES string of the molecule is CN(Cc1ccc(OC(F)(F)F)cc1)C(=O)c1ccc(S(C)(=O)=O)cc1. The van der Waals surface area contributed by atoms with E-state index in [1.54, 1.807) is 0 Å². The third-order valence-electron chi connectivity index (χ3n) is 3.45. The lowest BCUT2D eigenvalue weighted by molar-refractivity contribution is -0.274. The van der Waals surface area contributed by atoms with E-state index in [9.17, 15) is 26.4 Å². The maximum atomic E-state index is 12.4. The van der Waals surface area contributed by atoms with Crippen LogP contribution in [-0.4, -0.2) is 38.9 Å². The van der Waals surface area contributed by atoms with Gasteiger partial charge in [0.15, 0.2) is 9.84 Å². The van der Waals surface area contributed by atoms with E-state index in [4.69, 9.17) is 0 Å². The maximum absolute atomic E-state index is 12.4. The van der Waals surface area contributed by atoms with Crippen molar-refractivity contribution in [1.82, 2.24) is 4.90 Å². The summed E-state index contributed by atoms with van der Waals surface area (Å²) in [6, 6.07) is 10.7. The number of hydrogen-bond acceptors (Lipinski definition) is 4. The van der Waals surface area contributed by atoms with Gasteiger partial charge in [-0.1, -0.05) is 12.1 Å². The van der Waals surface area contributed by atoms with Crippen LogP contribution in [0.5, 0.6) is 5.75 Å². The molecule has 0 bridgehead atoms. The Morgan fingerprint density at radius 3 is 2.04 bits per heavy atom. The highest BCUT2D eigenvalue weighted by molar-refractivity contribution is 7.90. The second kappa shape index (κ2) is 7.36. The van der Waals surface area contributed by atoms with Crippen LogP contribution in [0.15, 0.2) is 53.4 Å². The molecule has 26 heavy (non-hydrogen) atoms. The van der Waals surface area contributed by atoms with Crippen LogP contribution >= 0.6 is 0 Å². The van der Waals surface area contributed by atoms with Crippen LogP contribution in [0, 0.1) is 0 Å². The van der Waals surface area contributed by atoms with Crippen molar-refractivity contribution in [2.24, 2.45) is 0 Å². The first-order valence-corrected chi connectivity index (χ1v) is 9.25. The first-order chi connectivity index (χ1) is 12.0. The Bertz CT molecular complexity index is 876. The molecule has 2 aromatic rings. The highest BCUT2D eigenvalue weighted by Crippen LogP contribution is 2.23. The zero-order chi connectivity index (χ0) is 19.5. The fourth-order valence-corrected chi connectivity index (χ4v) is 2.84. The summed E-state index contributed by atoms with van der Waals surface area (Å²) < 4.78 is 63.0. The van der Waals surface area contributed by atoms with Crippen molar-refractivity contribution >= 4 is 15.7 Å². The van der Waals surface area contributed by atoms with Crippen LogP contribution in [0.25, 0.3) is 0 Å². The maximum Gasteiger partial charge on any atom is 0.573 e. The zero-order valence-electron chi connectivity index (χ0n) is 13.9. The van der Waals surface area contributed by atoms with E-state index in [0.29, 0.717) is 11.1 Å². The Hall–Kier alpha value is -2.55. The molecule has 0 saturated heterocycles. The molecule has 0 saturated carbocycles. The Labute approximate surface area is 148 Å². The fraction of sp³-hybridized carbons (Fsp3) is 0.235. The monoisotopic (exact) mass is 387 g/mol. The molecule has 1 amide bonds. The topological polar surface area (TPSA) is 63.7 Å². The van der Waals surface area contributed by atoms with E-state index < -0.39 is 16.2 Å². The van der Waals surface area contributed by atoms with E-state index in [-0.39, 0.29) is 23.1 Å². The van der Waals surface area contributed by atoms with Crippen molar-refractivity contribution in [3.8, 4) is 5.75 Å². The summed E-state index contributed by atoms with van der Waals surface area (Å²) in [4.78, 5) is 13.8. The molecule has 9 heteroatoms. The molecule has 0 spiro atoms. The van der Waals surface area contributed by atoms with Crippen molar-refractivity contribution in [2.45, 2.75) is 17.8 Å². The van der Waals surface area contributed by atoms with Gasteiger partial charge in [-0.05, 0) is 42.0 Å². The van der Waals surface area contributed by atoms with Crippen molar-refractivity contribution in [1.29, 1.82) is 0 Å². The molecule has 0 aromatic heterocycles. The first kappa shape index (κ1) is 19.8. The van der Waals surface area contributed by atoms with Gasteiger partial charge in [-0.15, -0.1) is 13.2 Å². The van der Waals surface area contributed by atoms with Crippen LogP contribution < -0.4 is 4.74 Å². The van der Waals surface area contributed by atoms with E-state index in [0.717, 1.165) is 6.26 Å². The Kier molecular flexibility index (Phi) is 5.60. The van der Waals surface area contributed by atoms with Gasteiger partial charge < -0.3 is 9.64 Å². The molecule has 0 fully saturated rings. The number of ether oxygens (including phenoxy) is 1. The number of benzene rings is 2. The molecule has 0 heterocycles. The zero-order valence-corrected chi connectivity index (χ0v) is 14.8. The van der Waals surface area contributed by atoms with Crippen LogP contribution in [-0.2, 0) is 16.4 Å². The smallest absolute Gasteiger partial charge is 0.406 e. The van der Waals surface area contributed by atoms with Gasteiger partial charge in [0.05, 0.1) is 4.90 Å². The Morgan fingerprint density at radius 1 is 1.04 bits per heavy atom. The van der Waals surface area contributed by atoms with E-state index in [1.807, 2.05) is 0 Å². The highest BCUT2D eigenvalue weighted by Gasteiger charge is 2.30. The van der Waals surface area contributed by atoms with Crippen molar-refractivity contribution in [3.05, 3.63) is 59.7 Å². The van der Waals surface area contributed by atoms with Crippen LogP contribution in [0.4, 0.5) is 13.2 Å². The number of rotatable bonds is 5. The van der Waals surface area contributed by atoms with Crippen LogP contribution in [0.2, 0.25) is 0 Å². The molecule has 0 aliphatic carbocycles. The summed E-state index contributed by atoms with van der Waals surface area (Å²) in [6.45, 7) is 0.166. The highest BCUT2D eigenvalue weighted by atomic mass is 32.2. The Balaban J connectivity index is 2.05. The molecule has 2 rings (SSSR count). The number of alkyl halides is 3. The predicted molar refractivity (Wildman–Crippen MR) is 88.5 cm³/mol. The van der Waals surface area contributed by atoms with Crippen molar-refractivity contribution < 1.29 is 31.1 Å². The minimum absolute atomic E-state index is 0.108. The lowest BCUT2D eigenvalue weighted by Crippen LogP contribution is -2.26. The minimum Gasteiger partial charge on any atom is -0.406 e. The van der Waals surface area contributed by atoms with Gasteiger partial charge in [-0.2, -0.15) is 0 Å². The van der Waals surface area contributed by atoms with Crippen LogP contribution in [0.1, 0.15) is 15.9 Å². The number of carbonyl (C=O) groups is 1. The molecule has 0 N–H and O–H groups in total. The summed E-state index contributed by atoms with van der Waals surface area (Å²) in [5.74, 6) is -0.688. The quantitative estimate of drug-likeness (QED) is 0.790. The molecule has 0 atom stereocenters. The lowest BCUT2D eigenvalue weighted by atomic mass is 10.1. The van der Waals surface area contributed by atoms with E-state index in [2.05, 4.69) is 4.74 Å². The third kappa shape index (κ3) is 5.48. The largest absolute Gasteiger partial charge is 0.573 e. The second-order valence-electron chi connectivity index (χ2n) is 5.65. The van der Waals surface area contributed by atoms with Crippen molar-refractivity contribution in [3.63, 3.8) is 0 Å². The van der Waals surface area contributed by atoms with Gasteiger partial charge >= 0.3 is 6.36 Å². The van der Waals surface area contributed by atoms with E-state index >= 15 is 0 Å². The molecule has 0 aliphatic heterocycles. The molecule has 0 aliphatic rings. The second-order valence-corrected chi connectivity index (χ2v) is 7.67. The molecule has 5 nitrogen and oxygen atoms in total. The van der Waals surface area contributed by atoms with E-state index in [1.165, 1.54) is 60.5 Å². The summed E-state index contributed by atoms with van der Waals surface area (Å²) >= 11 is 0. The number of halogens is 3. The lowest BCUT2D eigenvalue weighted by Gasteiger charge is -2.18. The fourth-order valence-electron chi connectivity index (χ4n) is 2.21. The summed E-state index contributed by atoms with van der Waals surface area (Å²) in [6.07, 6.45) is -3.69. The van der Waals surface area contributed by atoms with Gasteiger partial charge in [0, 0.05) is 25.4 Å². The third-order valence-corrected chi connectivity index (χ3v) is 4.58. The predicted octanol–water partition coefficient (Wildman–Crippen LogP) is 3.26. The number of carbonyl (C=O) groups excluding carboxylic acids is 1. The van der Waals surface area contributed by atoms with Crippen molar-refractivity contribution in [2.75, 3.05) is 13.3 Å². The van der Waals surface area contributed by atoms with Crippen LogP contribution in [0.3, 0.4) is 0 Å². The minimum atomic E-state index is -4.76.